The quantitative estimate of drug-likeness (QED) is 0.379. The van der Waals surface area contributed by atoms with Gasteiger partial charge in [-0.05, 0) is 45.1 Å². The van der Waals surface area contributed by atoms with E-state index in [0.717, 1.165) is 13.0 Å². The molecule has 0 N–H and O–H groups in total. The Labute approximate surface area is 183 Å². The summed E-state index contributed by atoms with van der Waals surface area (Å²) >= 11 is 0. The molecule has 1 nitrogen and oxygen atoms in total. The van der Waals surface area contributed by atoms with Crippen molar-refractivity contribution < 1.29 is 4.57 Å². The maximum Gasteiger partial charge on any atom is 0.216 e. The largest absolute Gasteiger partial charge is 0.216 e. The molecule has 0 saturated heterocycles. The summed E-state index contributed by atoms with van der Waals surface area (Å²) in [7, 11) is 0. The number of hydrogen-bond acceptors (Lipinski definition) is 0. The van der Waals surface area contributed by atoms with Gasteiger partial charge in [0.25, 0.3) is 0 Å². The van der Waals surface area contributed by atoms with E-state index in [4.69, 9.17) is 0 Å². The van der Waals surface area contributed by atoms with Gasteiger partial charge in [-0.1, -0.05) is 86.6 Å². The summed E-state index contributed by atoms with van der Waals surface area (Å²) in [6.07, 6.45) is 1.13. The van der Waals surface area contributed by atoms with Gasteiger partial charge in [0.2, 0.25) is 11.2 Å². The topological polar surface area (TPSA) is 3.88 Å². The minimum atomic E-state index is 0.0664. The zero-order chi connectivity index (χ0) is 22.1. The maximum atomic E-state index is 2.58. The third-order valence-electron chi connectivity index (χ3n) is 6.61. The molecule has 0 fully saturated rings. The van der Waals surface area contributed by atoms with Gasteiger partial charge in [0.1, 0.15) is 0 Å². The second kappa shape index (κ2) is 6.67. The molecule has 158 valence electrons. The molecule has 0 amide bonds. The number of nitrogens with zero attached hydrogens (tertiary/aromatic N) is 1. The Morgan fingerprint density at radius 1 is 0.700 bits per heavy atom. The van der Waals surface area contributed by atoms with Crippen LogP contribution in [0.3, 0.4) is 0 Å². The highest BCUT2D eigenvalue weighted by atomic mass is 15.0. The molecule has 0 unspecified atom stereocenters. The van der Waals surface area contributed by atoms with Gasteiger partial charge in [-0.15, -0.1) is 0 Å². The molecule has 0 spiro atoms. The van der Waals surface area contributed by atoms with E-state index in [1.807, 2.05) is 0 Å². The van der Waals surface area contributed by atoms with Crippen molar-refractivity contribution in [2.75, 3.05) is 0 Å². The minimum Gasteiger partial charge on any atom is -0.191 e. The number of hydrogen-bond donors (Lipinski definition) is 0. The van der Waals surface area contributed by atoms with Crippen LogP contribution in [-0.4, -0.2) is 0 Å². The number of rotatable bonds is 1. The van der Waals surface area contributed by atoms with Crippen LogP contribution in [0.5, 0.6) is 0 Å². The molecular weight excluding hydrogens is 362 g/mol. The highest BCUT2D eigenvalue weighted by Gasteiger charge is 2.35. The molecule has 0 aliphatic carbocycles. The Kier molecular flexibility index (Phi) is 4.69. The van der Waals surface area contributed by atoms with Crippen LogP contribution in [0, 0.1) is 0 Å². The van der Waals surface area contributed by atoms with E-state index >= 15 is 0 Å². The van der Waals surface area contributed by atoms with Gasteiger partial charge >= 0.3 is 0 Å². The lowest BCUT2D eigenvalue weighted by Crippen LogP contribution is -2.36. The standard InChI is InChI=1S/C29H38N/c1-27(2,3)21-17-22(28(4,5)6)25(23(18-21)29(7,8)9)24-14-13-19-11-10-12-20-15-16-30(24)26(19)20/h10-14,17-18H,15-16H2,1-9H3/q+1. The van der Waals surface area contributed by atoms with E-state index < -0.39 is 0 Å². The monoisotopic (exact) mass is 400 g/mol. The van der Waals surface area contributed by atoms with E-state index in [9.17, 15) is 0 Å². The average Bonchev–Trinajstić information content (AvgIpc) is 3.05. The molecule has 1 aliphatic rings. The third kappa shape index (κ3) is 3.47. The van der Waals surface area contributed by atoms with Crippen LogP contribution < -0.4 is 4.57 Å². The maximum absolute atomic E-state index is 2.58. The van der Waals surface area contributed by atoms with Gasteiger partial charge in [0.15, 0.2) is 6.54 Å². The molecule has 0 radical (unpaired) electrons. The number of aryl methyl sites for hydroxylation is 2. The van der Waals surface area contributed by atoms with Crippen LogP contribution in [0.25, 0.3) is 22.2 Å². The van der Waals surface area contributed by atoms with Gasteiger partial charge in [-0.2, -0.15) is 4.57 Å². The van der Waals surface area contributed by atoms with Gasteiger partial charge in [-0.25, -0.2) is 0 Å². The van der Waals surface area contributed by atoms with Crippen LogP contribution >= 0.6 is 0 Å². The third-order valence-corrected chi connectivity index (χ3v) is 6.61. The Morgan fingerprint density at radius 2 is 1.30 bits per heavy atom. The predicted octanol–water partition coefficient (Wildman–Crippen LogP) is 7.24. The molecule has 3 aromatic rings. The summed E-state index contributed by atoms with van der Waals surface area (Å²) in [6, 6.07) is 16.4. The van der Waals surface area contributed by atoms with Gasteiger partial charge < -0.3 is 0 Å². The van der Waals surface area contributed by atoms with Crippen LogP contribution in [-0.2, 0) is 29.2 Å². The van der Waals surface area contributed by atoms with Crippen molar-refractivity contribution in [3.8, 4) is 11.3 Å². The molecule has 0 saturated carbocycles. The van der Waals surface area contributed by atoms with E-state index in [0.29, 0.717) is 0 Å². The summed E-state index contributed by atoms with van der Waals surface area (Å²) in [5.41, 5.74) is 10.4. The van der Waals surface area contributed by atoms with Crippen LogP contribution in [0.15, 0.2) is 42.5 Å². The highest BCUT2D eigenvalue weighted by Crippen LogP contribution is 2.43. The molecule has 0 bridgehead atoms. The predicted molar refractivity (Wildman–Crippen MR) is 129 cm³/mol. The Morgan fingerprint density at radius 3 is 1.83 bits per heavy atom. The van der Waals surface area contributed by atoms with Crippen LogP contribution in [0.4, 0.5) is 0 Å². The lowest BCUT2D eigenvalue weighted by Gasteiger charge is -2.32. The lowest BCUT2D eigenvalue weighted by atomic mass is 9.71. The van der Waals surface area contributed by atoms with Gasteiger partial charge in [-0.3, -0.25) is 0 Å². The normalized spacial score (nSPS) is 14.6. The van der Waals surface area contributed by atoms with Crippen LogP contribution in [0.2, 0.25) is 0 Å². The van der Waals surface area contributed by atoms with E-state index in [1.165, 1.54) is 44.4 Å². The molecular formula is C29H38N+. The van der Waals surface area contributed by atoms with Crippen molar-refractivity contribution >= 4 is 10.9 Å². The van der Waals surface area contributed by atoms with Crippen LogP contribution in [0.1, 0.15) is 84.6 Å². The van der Waals surface area contributed by atoms with Crippen molar-refractivity contribution in [1.82, 2.24) is 0 Å². The van der Waals surface area contributed by atoms with E-state index in [1.54, 1.807) is 0 Å². The van der Waals surface area contributed by atoms with E-state index in [2.05, 4.69) is 109 Å². The Bertz CT molecular complexity index is 1090. The molecule has 1 aliphatic heterocycles. The zero-order valence-electron chi connectivity index (χ0n) is 20.4. The molecule has 1 heteroatoms. The summed E-state index contributed by atoms with van der Waals surface area (Å²) in [6.45, 7) is 22.2. The molecule has 2 aromatic carbocycles. The van der Waals surface area contributed by atoms with Crippen molar-refractivity contribution in [1.29, 1.82) is 0 Å². The first-order valence-corrected chi connectivity index (χ1v) is 11.4. The summed E-state index contributed by atoms with van der Waals surface area (Å²) < 4.78 is 2.58. The Balaban J connectivity index is 2.14. The molecule has 4 rings (SSSR count). The molecule has 2 heterocycles. The minimum absolute atomic E-state index is 0.0664. The molecule has 30 heavy (non-hydrogen) atoms. The van der Waals surface area contributed by atoms with Crippen molar-refractivity contribution in [3.05, 3.63) is 64.7 Å². The first-order chi connectivity index (χ1) is 13.8. The zero-order valence-corrected chi connectivity index (χ0v) is 20.4. The number of aromatic nitrogens is 1. The summed E-state index contributed by atoms with van der Waals surface area (Å²) in [5.74, 6) is 0. The number of para-hydroxylation sites is 1. The van der Waals surface area contributed by atoms with Gasteiger partial charge in [0, 0.05) is 23.4 Å². The van der Waals surface area contributed by atoms with Crippen molar-refractivity contribution in [2.45, 2.75) is 91.5 Å². The SMILES string of the molecule is CC(C)(C)c1cc(C(C)(C)C)c(-c2ccc3cccc4c3[n+]2CC4)c(C(C)(C)C)c1. The van der Waals surface area contributed by atoms with Crippen molar-refractivity contribution in [2.24, 2.45) is 0 Å². The fraction of sp³-hybridized carbons (Fsp3) is 0.483. The second-order valence-electron chi connectivity index (χ2n) is 12.2. The van der Waals surface area contributed by atoms with Crippen molar-refractivity contribution in [3.63, 3.8) is 0 Å². The first-order valence-electron chi connectivity index (χ1n) is 11.4. The fourth-order valence-electron chi connectivity index (χ4n) is 4.87. The lowest BCUT2D eigenvalue weighted by molar-refractivity contribution is -0.653. The smallest absolute Gasteiger partial charge is 0.191 e. The fourth-order valence-corrected chi connectivity index (χ4v) is 4.87. The average molecular weight is 401 g/mol. The summed E-state index contributed by atoms with van der Waals surface area (Å²) in [5, 5.41) is 1.36. The summed E-state index contributed by atoms with van der Waals surface area (Å²) in [4.78, 5) is 0. The second-order valence-corrected chi connectivity index (χ2v) is 12.2. The highest BCUT2D eigenvalue weighted by molar-refractivity contribution is 5.82. The first kappa shape index (κ1) is 21.1. The number of benzene rings is 2. The molecule has 0 atom stereocenters. The van der Waals surface area contributed by atoms with Gasteiger partial charge in [0.05, 0.1) is 5.56 Å². The van der Waals surface area contributed by atoms with E-state index in [-0.39, 0.29) is 16.2 Å². The Hall–Kier alpha value is -2.15. The number of pyridine rings is 1. The molecule has 1 aromatic heterocycles.